The molecule has 1 unspecified atom stereocenters. The molecule has 1 rings (SSSR count). The average molecular weight is 313 g/mol. The normalized spacial score (nSPS) is 12.6. The highest BCUT2D eigenvalue weighted by atomic mass is 32.2. The van der Waals surface area contributed by atoms with E-state index in [4.69, 9.17) is 9.47 Å². The number of methoxy groups -OCH3 is 2. The van der Waals surface area contributed by atoms with Gasteiger partial charge in [-0.3, -0.25) is 9.00 Å². The molecule has 1 N–H and O–H groups in total. The fraction of sp³-hybridized carbons (Fsp3) is 0.533. The largest absolute Gasteiger partial charge is 0.493 e. The van der Waals surface area contributed by atoms with Crippen LogP contribution in [0.1, 0.15) is 31.1 Å². The molecule has 1 aromatic carbocycles. The third kappa shape index (κ3) is 4.74. The molecule has 0 spiro atoms. The van der Waals surface area contributed by atoms with Gasteiger partial charge >= 0.3 is 0 Å². The first-order valence-corrected chi connectivity index (χ1v) is 8.00. The van der Waals surface area contributed by atoms with Gasteiger partial charge in [-0.2, -0.15) is 0 Å². The van der Waals surface area contributed by atoms with E-state index in [9.17, 15) is 9.00 Å². The van der Waals surface area contributed by atoms with Crippen molar-refractivity contribution < 1.29 is 18.5 Å². The Labute approximate surface area is 128 Å². The van der Waals surface area contributed by atoms with Gasteiger partial charge in [-0.15, -0.1) is 0 Å². The summed E-state index contributed by atoms with van der Waals surface area (Å²) in [4.78, 5) is 12.2. The summed E-state index contributed by atoms with van der Waals surface area (Å²) in [6, 6.07) is 5.12. The van der Waals surface area contributed by atoms with Crippen LogP contribution in [0, 0.1) is 0 Å². The highest BCUT2D eigenvalue weighted by Crippen LogP contribution is 2.30. The number of hydrogen-bond donors (Lipinski definition) is 1. The molecule has 0 saturated heterocycles. The van der Waals surface area contributed by atoms with Gasteiger partial charge in [0, 0.05) is 27.8 Å². The molecule has 0 aliphatic heterocycles. The molecule has 0 saturated carbocycles. The quantitative estimate of drug-likeness (QED) is 0.872. The summed E-state index contributed by atoms with van der Waals surface area (Å²) in [5.41, 5.74) is 0.401. The van der Waals surface area contributed by atoms with Crippen LogP contribution in [0.15, 0.2) is 18.2 Å². The Morgan fingerprint density at radius 2 is 1.90 bits per heavy atom. The fourth-order valence-electron chi connectivity index (χ4n) is 1.72. The molecule has 0 bridgehead atoms. The Bertz CT molecular complexity index is 523. The van der Waals surface area contributed by atoms with E-state index >= 15 is 0 Å². The van der Waals surface area contributed by atoms with Gasteiger partial charge in [0.15, 0.2) is 11.5 Å². The Kier molecular flexibility index (Phi) is 6.20. The van der Waals surface area contributed by atoms with E-state index in [1.54, 1.807) is 18.2 Å². The Hall–Kier alpha value is -1.56. The maximum absolute atomic E-state index is 12.2. The van der Waals surface area contributed by atoms with Gasteiger partial charge in [-0.25, -0.2) is 0 Å². The van der Waals surface area contributed by atoms with Gasteiger partial charge in [-0.05, 0) is 32.9 Å². The average Bonchev–Trinajstić information content (AvgIpc) is 2.44. The van der Waals surface area contributed by atoms with Crippen molar-refractivity contribution in [1.82, 2.24) is 5.32 Å². The van der Waals surface area contributed by atoms with Crippen molar-refractivity contribution >= 4 is 16.7 Å². The zero-order valence-electron chi connectivity index (χ0n) is 13.2. The van der Waals surface area contributed by atoms with E-state index in [2.05, 4.69) is 5.32 Å². The van der Waals surface area contributed by atoms with Crippen LogP contribution in [0.2, 0.25) is 0 Å². The van der Waals surface area contributed by atoms with Crippen molar-refractivity contribution in [3.8, 4) is 11.5 Å². The molecule has 1 atom stereocenters. The minimum absolute atomic E-state index is 0.267. The van der Waals surface area contributed by atoms with Gasteiger partial charge in [0.2, 0.25) is 0 Å². The Morgan fingerprint density at radius 1 is 1.24 bits per heavy atom. The predicted molar refractivity (Wildman–Crippen MR) is 84.6 cm³/mol. The summed E-state index contributed by atoms with van der Waals surface area (Å²) in [5.74, 6) is 1.05. The van der Waals surface area contributed by atoms with Gasteiger partial charge in [0.25, 0.3) is 5.91 Å². The molecule has 0 aliphatic rings. The lowest BCUT2D eigenvalue weighted by molar-refractivity contribution is 0.0952. The summed E-state index contributed by atoms with van der Waals surface area (Å²) >= 11 is 0. The number of carbonyl (C=O) groups is 1. The smallest absolute Gasteiger partial charge is 0.255 e. The molecule has 0 radical (unpaired) electrons. The zero-order valence-corrected chi connectivity index (χ0v) is 14.0. The number of amides is 1. The van der Waals surface area contributed by atoms with Crippen molar-refractivity contribution in [3.63, 3.8) is 0 Å². The van der Waals surface area contributed by atoms with Crippen molar-refractivity contribution in [2.45, 2.75) is 25.5 Å². The summed E-state index contributed by atoms with van der Waals surface area (Å²) in [7, 11) is 2.02. The number of hydrogen-bond acceptors (Lipinski definition) is 4. The number of para-hydroxylation sites is 1. The summed E-state index contributed by atoms with van der Waals surface area (Å²) in [5, 5.41) is 2.76. The molecule has 1 amide bonds. The number of ether oxygens (including phenoxy) is 2. The van der Waals surface area contributed by atoms with Gasteiger partial charge in [0.05, 0.1) is 19.8 Å². The number of benzene rings is 1. The van der Waals surface area contributed by atoms with E-state index in [-0.39, 0.29) is 10.7 Å². The number of nitrogens with one attached hydrogen (secondary N) is 1. The van der Waals surface area contributed by atoms with Crippen LogP contribution in [0.25, 0.3) is 0 Å². The monoisotopic (exact) mass is 313 g/mol. The fourth-order valence-corrected chi connectivity index (χ4v) is 2.62. The molecule has 0 fully saturated rings. The molecular formula is C15H23NO4S. The third-order valence-corrected chi connectivity index (χ3v) is 4.84. The molecule has 118 valence electrons. The van der Waals surface area contributed by atoms with E-state index in [0.29, 0.717) is 29.4 Å². The number of carbonyl (C=O) groups excluding carboxylic acids is 1. The molecule has 0 aliphatic carbocycles. The SMILES string of the molecule is COc1cccc(C(=O)NCCS(=O)C(C)(C)C)c1OC. The number of rotatable bonds is 6. The minimum atomic E-state index is -0.994. The van der Waals surface area contributed by atoms with Crippen LogP contribution in [-0.4, -0.2) is 41.4 Å². The first-order chi connectivity index (χ1) is 9.81. The van der Waals surface area contributed by atoms with Gasteiger partial charge in [-0.1, -0.05) is 6.07 Å². The standard InChI is InChI=1S/C15H23NO4S/c1-15(2,3)21(18)10-9-16-14(17)11-7-6-8-12(19-4)13(11)20-5/h6-8H,9-10H2,1-5H3,(H,16,17). The Balaban J connectivity index is 2.71. The van der Waals surface area contributed by atoms with Crippen LogP contribution < -0.4 is 14.8 Å². The second kappa shape index (κ2) is 7.45. The molecule has 5 nitrogen and oxygen atoms in total. The van der Waals surface area contributed by atoms with E-state index in [1.165, 1.54) is 14.2 Å². The van der Waals surface area contributed by atoms with Crippen LogP contribution in [-0.2, 0) is 10.8 Å². The van der Waals surface area contributed by atoms with Crippen molar-refractivity contribution in [3.05, 3.63) is 23.8 Å². The maximum atomic E-state index is 12.2. The van der Waals surface area contributed by atoms with E-state index in [0.717, 1.165) is 0 Å². The molecule has 0 aromatic heterocycles. The van der Waals surface area contributed by atoms with Crippen molar-refractivity contribution in [1.29, 1.82) is 0 Å². The van der Waals surface area contributed by atoms with Gasteiger partial charge in [0.1, 0.15) is 0 Å². The van der Waals surface area contributed by atoms with Crippen LogP contribution in [0.4, 0.5) is 0 Å². The second-order valence-electron chi connectivity index (χ2n) is 5.46. The first-order valence-electron chi connectivity index (χ1n) is 6.69. The lowest BCUT2D eigenvalue weighted by Crippen LogP contribution is -2.32. The Morgan fingerprint density at radius 3 is 2.43 bits per heavy atom. The molecule has 1 aromatic rings. The second-order valence-corrected chi connectivity index (χ2v) is 7.78. The highest BCUT2D eigenvalue weighted by Gasteiger charge is 2.20. The summed E-state index contributed by atoms with van der Waals surface area (Å²) in [6.45, 7) is 6.09. The molecule has 6 heteroatoms. The molecular weight excluding hydrogens is 290 g/mol. The minimum Gasteiger partial charge on any atom is -0.493 e. The highest BCUT2D eigenvalue weighted by molar-refractivity contribution is 7.86. The van der Waals surface area contributed by atoms with E-state index < -0.39 is 10.8 Å². The lowest BCUT2D eigenvalue weighted by Gasteiger charge is -2.18. The topological polar surface area (TPSA) is 64.6 Å². The predicted octanol–water partition coefficient (Wildman–Crippen LogP) is 1.98. The van der Waals surface area contributed by atoms with Gasteiger partial charge < -0.3 is 14.8 Å². The van der Waals surface area contributed by atoms with Crippen molar-refractivity contribution in [2.75, 3.05) is 26.5 Å². The lowest BCUT2D eigenvalue weighted by atomic mass is 10.1. The zero-order chi connectivity index (χ0) is 16.0. The maximum Gasteiger partial charge on any atom is 0.255 e. The molecule has 21 heavy (non-hydrogen) atoms. The van der Waals surface area contributed by atoms with E-state index in [1.807, 2.05) is 20.8 Å². The molecule has 0 heterocycles. The third-order valence-electron chi connectivity index (χ3n) is 2.90. The first kappa shape index (κ1) is 17.5. The van der Waals surface area contributed by atoms with Crippen molar-refractivity contribution in [2.24, 2.45) is 0 Å². The van der Waals surface area contributed by atoms with Crippen LogP contribution in [0.3, 0.4) is 0 Å². The summed E-state index contributed by atoms with van der Waals surface area (Å²) in [6.07, 6.45) is 0. The summed E-state index contributed by atoms with van der Waals surface area (Å²) < 4.78 is 22.0. The van der Waals surface area contributed by atoms with Crippen LogP contribution >= 0.6 is 0 Å². The van der Waals surface area contributed by atoms with Crippen LogP contribution in [0.5, 0.6) is 11.5 Å².